The summed E-state index contributed by atoms with van der Waals surface area (Å²) in [5.74, 6) is 2.17. The number of hydrogen-bond acceptors (Lipinski definition) is 3. The SMILES string of the molecule is CCCNc1cc(C2CC2)nc(-c2cc(Br)ccc2Cl)n1. The van der Waals surface area contributed by atoms with Gasteiger partial charge in [0.05, 0.1) is 5.02 Å². The molecule has 0 saturated heterocycles. The Balaban J connectivity index is 2.03. The van der Waals surface area contributed by atoms with Crippen molar-refractivity contribution in [1.82, 2.24) is 9.97 Å². The quantitative estimate of drug-likeness (QED) is 0.784. The summed E-state index contributed by atoms with van der Waals surface area (Å²) in [5.41, 5.74) is 1.99. The smallest absolute Gasteiger partial charge is 0.163 e. The van der Waals surface area contributed by atoms with E-state index >= 15 is 0 Å². The number of halogens is 2. The second-order valence-electron chi connectivity index (χ2n) is 5.33. The lowest BCUT2D eigenvalue weighted by molar-refractivity contribution is 0.948. The van der Waals surface area contributed by atoms with Gasteiger partial charge in [-0.25, -0.2) is 9.97 Å². The summed E-state index contributed by atoms with van der Waals surface area (Å²) >= 11 is 9.80. The Kier molecular flexibility index (Phi) is 4.45. The van der Waals surface area contributed by atoms with Gasteiger partial charge in [-0.3, -0.25) is 0 Å². The first-order valence-electron chi connectivity index (χ1n) is 7.25. The molecular formula is C16H17BrClN3. The third kappa shape index (κ3) is 3.55. The maximum absolute atomic E-state index is 6.31. The highest BCUT2D eigenvalue weighted by Crippen LogP contribution is 2.40. The largest absolute Gasteiger partial charge is 0.370 e. The minimum absolute atomic E-state index is 0.583. The van der Waals surface area contributed by atoms with Gasteiger partial charge in [0.15, 0.2) is 5.82 Å². The molecule has 21 heavy (non-hydrogen) atoms. The van der Waals surface area contributed by atoms with Crippen LogP contribution in [0, 0.1) is 0 Å². The Bertz CT molecular complexity index is 656. The van der Waals surface area contributed by atoms with E-state index in [0.29, 0.717) is 16.8 Å². The maximum Gasteiger partial charge on any atom is 0.163 e. The molecule has 0 bridgehead atoms. The molecule has 1 aromatic heterocycles. The molecule has 3 rings (SSSR count). The molecule has 0 atom stereocenters. The highest BCUT2D eigenvalue weighted by molar-refractivity contribution is 9.10. The van der Waals surface area contributed by atoms with E-state index in [9.17, 15) is 0 Å². The van der Waals surface area contributed by atoms with Crippen LogP contribution < -0.4 is 5.32 Å². The Hall–Kier alpha value is -1.13. The van der Waals surface area contributed by atoms with Crippen LogP contribution >= 0.6 is 27.5 Å². The van der Waals surface area contributed by atoms with Crippen molar-refractivity contribution in [1.29, 1.82) is 0 Å². The van der Waals surface area contributed by atoms with Crippen LogP contribution in [0.1, 0.15) is 37.8 Å². The number of nitrogens with zero attached hydrogens (tertiary/aromatic N) is 2. The maximum atomic E-state index is 6.31. The van der Waals surface area contributed by atoms with Crippen molar-refractivity contribution >= 4 is 33.3 Å². The average molecular weight is 367 g/mol. The van der Waals surface area contributed by atoms with Gasteiger partial charge in [-0.2, -0.15) is 0 Å². The zero-order chi connectivity index (χ0) is 14.8. The van der Waals surface area contributed by atoms with Crippen LogP contribution in [0.3, 0.4) is 0 Å². The summed E-state index contributed by atoms with van der Waals surface area (Å²) in [6, 6.07) is 7.83. The Morgan fingerprint density at radius 3 is 2.81 bits per heavy atom. The van der Waals surface area contributed by atoms with Crippen LogP contribution in [0.25, 0.3) is 11.4 Å². The zero-order valence-corrected chi connectivity index (χ0v) is 14.2. The highest BCUT2D eigenvalue weighted by Gasteiger charge is 2.26. The van der Waals surface area contributed by atoms with Gasteiger partial charge in [-0.1, -0.05) is 34.5 Å². The lowest BCUT2D eigenvalue weighted by atomic mass is 10.2. The minimum Gasteiger partial charge on any atom is -0.370 e. The Morgan fingerprint density at radius 1 is 1.29 bits per heavy atom. The van der Waals surface area contributed by atoms with E-state index in [1.165, 1.54) is 12.8 Å². The van der Waals surface area contributed by atoms with E-state index < -0.39 is 0 Å². The van der Waals surface area contributed by atoms with Crippen LogP contribution in [0.4, 0.5) is 5.82 Å². The molecule has 1 aromatic carbocycles. The van der Waals surface area contributed by atoms with Gasteiger partial charge in [0.25, 0.3) is 0 Å². The van der Waals surface area contributed by atoms with Crippen LogP contribution in [0.2, 0.25) is 5.02 Å². The van der Waals surface area contributed by atoms with Crippen LogP contribution in [-0.2, 0) is 0 Å². The van der Waals surface area contributed by atoms with Gasteiger partial charge in [-0.05, 0) is 37.5 Å². The van der Waals surface area contributed by atoms with Crippen molar-refractivity contribution in [2.75, 3.05) is 11.9 Å². The van der Waals surface area contributed by atoms with E-state index in [4.69, 9.17) is 16.6 Å². The van der Waals surface area contributed by atoms with Crippen molar-refractivity contribution < 1.29 is 0 Å². The molecule has 2 aromatic rings. The van der Waals surface area contributed by atoms with Crippen molar-refractivity contribution in [2.45, 2.75) is 32.1 Å². The minimum atomic E-state index is 0.583. The van der Waals surface area contributed by atoms with Gasteiger partial charge in [0.2, 0.25) is 0 Å². The lowest BCUT2D eigenvalue weighted by Crippen LogP contribution is -2.05. The summed E-state index contributed by atoms with van der Waals surface area (Å²) in [6.07, 6.45) is 3.50. The molecule has 0 radical (unpaired) electrons. The molecule has 0 unspecified atom stereocenters. The average Bonchev–Trinajstić information content (AvgIpc) is 3.32. The van der Waals surface area contributed by atoms with Crippen molar-refractivity contribution in [3.63, 3.8) is 0 Å². The third-order valence-corrected chi connectivity index (χ3v) is 4.29. The lowest BCUT2D eigenvalue weighted by Gasteiger charge is -2.10. The fourth-order valence-corrected chi connectivity index (χ4v) is 2.75. The van der Waals surface area contributed by atoms with Crippen LogP contribution in [0.5, 0.6) is 0 Å². The predicted molar refractivity (Wildman–Crippen MR) is 90.9 cm³/mol. The van der Waals surface area contributed by atoms with E-state index in [-0.39, 0.29) is 0 Å². The standard InChI is InChI=1S/C16H17BrClN3/c1-2-7-19-15-9-14(10-3-4-10)20-16(21-15)12-8-11(17)5-6-13(12)18/h5-6,8-10H,2-4,7H2,1H3,(H,19,20,21). The second kappa shape index (κ2) is 6.32. The first kappa shape index (κ1) is 14.8. The molecular weight excluding hydrogens is 350 g/mol. The molecule has 110 valence electrons. The molecule has 1 heterocycles. The molecule has 1 fully saturated rings. The first-order chi connectivity index (χ1) is 10.2. The van der Waals surface area contributed by atoms with Gasteiger partial charge < -0.3 is 5.32 Å². The summed E-state index contributed by atoms with van der Waals surface area (Å²) in [5, 5.41) is 4.03. The van der Waals surface area contributed by atoms with Crippen molar-refractivity contribution in [3.05, 3.63) is 39.5 Å². The summed E-state index contributed by atoms with van der Waals surface area (Å²) in [7, 11) is 0. The van der Waals surface area contributed by atoms with E-state index in [1.807, 2.05) is 18.2 Å². The molecule has 3 nitrogen and oxygen atoms in total. The van der Waals surface area contributed by atoms with Crippen molar-refractivity contribution in [2.24, 2.45) is 0 Å². The van der Waals surface area contributed by atoms with E-state index in [0.717, 1.165) is 34.5 Å². The normalized spacial score (nSPS) is 14.2. The first-order valence-corrected chi connectivity index (χ1v) is 8.42. The van der Waals surface area contributed by atoms with Crippen LogP contribution in [-0.4, -0.2) is 16.5 Å². The van der Waals surface area contributed by atoms with Gasteiger partial charge in [0, 0.05) is 34.3 Å². The van der Waals surface area contributed by atoms with Crippen LogP contribution in [0.15, 0.2) is 28.7 Å². The van der Waals surface area contributed by atoms with Gasteiger partial charge in [0.1, 0.15) is 5.82 Å². The summed E-state index contributed by atoms with van der Waals surface area (Å²) in [4.78, 5) is 9.35. The second-order valence-corrected chi connectivity index (χ2v) is 6.65. The number of hydrogen-bond donors (Lipinski definition) is 1. The molecule has 0 amide bonds. The van der Waals surface area contributed by atoms with E-state index in [1.54, 1.807) is 0 Å². The Morgan fingerprint density at radius 2 is 2.10 bits per heavy atom. The zero-order valence-electron chi connectivity index (χ0n) is 11.9. The topological polar surface area (TPSA) is 37.8 Å². The molecule has 0 spiro atoms. The van der Waals surface area contributed by atoms with Gasteiger partial charge >= 0.3 is 0 Å². The molecule has 1 aliphatic rings. The Labute approximate surface area is 138 Å². The highest BCUT2D eigenvalue weighted by atomic mass is 79.9. The fourth-order valence-electron chi connectivity index (χ4n) is 2.19. The molecule has 0 aliphatic heterocycles. The molecule has 5 heteroatoms. The van der Waals surface area contributed by atoms with E-state index in [2.05, 4.69) is 39.2 Å². The van der Waals surface area contributed by atoms with Gasteiger partial charge in [-0.15, -0.1) is 0 Å². The summed E-state index contributed by atoms with van der Waals surface area (Å²) in [6.45, 7) is 3.05. The molecule has 1 aliphatic carbocycles. The summed E-state index contributed by atoms with van der Waals surface area (Å²) < 4.78 is 0.977. The number of nitrogens with one attached hydrogen (secondary N) is 1. The number of anilines is 1. The number of rotatable bonds is 5. The molecule has 1 saturated carbocycles. The third-order valence-electron chi connectivity index (χ3n) is 3.47. The number of aromatic nitrogens is 2. The monoisotopic (exact) mass is 365 g/mol. The predicted octanol–water partition coefficient (Wildman–Crippen LogP) is 5.26. The number of benzene rings is 1. The fraction of sp³-hybridized carbons (Fsp3) is 0.375. The molecule has 1 N–H and O–H groups in total. The van der Waals surface area contributed by atoms with Crippen molar-refractivity contribution in [3.8, 4) is 11.4 Å².